The van der Waals surface area contributed by atoms with Gasteiger partial charge in [-0.05, 0) is 50.5 Å². The quantitative estimate of drug-likeness (QED) is 0.746. The molecule has 0 unspecified atom stereocenters. The summed E-state index contributed by atoms with van der Waals surface area (Å²) < 4.78 is 5.35. The Morgan fingerprint density at radius 2 is 2.15 bits per heavy atom. The predicted octanol–water partition coefficient (Wildman–Crippen LogP) is 3.37. The number of aldehydes is 1. The number of fused-ring (bicyclic) bond motifs is 1. The average Bonchev–Trinajstić information content (AvgIpc) is 2.34. The maximum Gasteiger partial charge on any atom is 0.411 e. The highest BCUT2D eigenvalue weighted by Gasteiger charge is 2.33. The van der Waals surface area contributed by atoms with Crippen LogP contribution in [0.5, 0.6) is 0 Å². The molecule has 1 aromatic rings. The van der Waals surface area contributed by atoms with Crippen LogP contribution in [0.4, 0.5) is 4.79 Å². The molecule has 4 nitrogen and oxygen atoms in total. The van der Waals surface area contributed by atoms with Gasteiger partial charge in [0.25, 0.3) is 0 Å². The first-order valence-electron chi connectivity index (χ1n) is 6.55. The monoisotopic (exact) mass is 295 g/mol. The van der Waals surface area contributed by atoms with Crippen molar-refractivity contribution in [1.82, 2.24) is 4.90 Å². The third-order valence-electron chi connectivity index (χ3n) is 3.14. The number of amides is 1. The number of hydrogen-bond acceptors (Lipinski definition) is 3. The molecule has 108 valence electrons. The van der Waals surface area contributed by atoms with Gasteiger partial charge in [-0.25, -0.2) is 4.79 Å². The van der Waals surface area contributed by atoms with Gasteiger partial charge in [-0.2, -0.15) is 0 Å². The summed E-state index contributed by atoms with van der Waals surface area (Å²) in [4.78, 5) is 25.1. The molecule has 1 atom stereocenters. The molecule has 1 aliphatic rings. The van der Waals surface area contributed by atoms with E-state index in [1.165, 1.54) is 4.90 Å². The minimum absolute atomic E-state index is 0.450. The lowest BCUT2D eigenvalue weighted by atomic mass is 9.93. The van der Waals surface area contributed by atoms with E-state index < -0.39 is 17.7 Å². The number of rotatable bonds is 1. The predicted molar refractivity (Wildman–Crippen MR) is 76.9 cm³/mol. The maximum absolute atomic E-state index is 12.2. The zero-order chi connectivity index (χ0) is 14.9. The molecule has 0 aromatic heterocycles. The highest BCUT2D eigenvalue weighted by molar-refractivity contribution is 6.30. The van der Waals surface area contributed by atoms with Gasteiger partial charge in [0.2, 0.25) is 0 Å². The van der Waals surface area contributed by atoms with Crippen LogP contribution in [-0.2, 0) is 16.0 Å². The van der Waals surface area contributed by atoms with Crippen LogP contribution < -0.4 is 0 Å². The van der Waals surface area contributed by atoms with Gasteiger partial charge in [-0.3, -0.25) is 4.90 Å². The van der Waals surface area contributed by atoms with Gasteiger partial charge in [-0.1, -0.05) is 17.7 Å². The van der Waals surface area contributed by atoms with Crippen LogP contribution in [0.2, 0.25) is 5.02 Å². The summed E-state index contributed by atoms with van der Waals surface area (Å²) in [6, 6.07) is 4.77. The van der Waals surface area contributed by atoms with Crippen LogP contribution in [0.25, 0.3) is 0 Å². The molecular weight excluding hydrogens is 278 g/mol. The molecule has 1 amide bonds. The lowest BCUT2D eigenvalue weighted by Gasteiger charge is -2.35. The molecule has 0 radical (unpaired) electrons. The number of benzene rings is 1. The second-order valence-corrected chi connectivity index (χ2v) is 6.28. The molecule has 1 aliphatic heterocycles. The number of hydrogen-bond donors (Lipinski definition) is 0. The lowest BCUT2D eigenvalue weighted by molar-refractivity contribution is -0.113. The van der Waals surface area contributed by atoms with Gasteiger partial charge in [0.1, 0.15) is 17.9 Å². The Labute approximate surface area is 123 Å². The molecule has 0 aliphatic carbocycles. The van der Waals surface area contributed by atoms with E-state index in [4.69, 9.17) is 16.3 Å². The van der Waals surface area contributed by atoms with Crippen LogP contribution >= 0.6 is 11.6 Å². The lowest BCUT2D eigenvalue weighted by Crippen LogP contribution is -2.43. The molecule has 0 saturated carbocycles. The molecule has 2 rings (SSSR count). The zero-order valence-electron chi connectivity index (χ0n) is 11.9. The van der Waals surface area contributed by atoms with Crippen molar-refractivity contribution in [2.24, 2.45) is 0 Å². The van der Waals surface area contributed by atoms with E-state index in [2.05, 4.69) is 0 Å². The first-order valence-corrected chi connectivity index (χ1v) is 6.93. The topological polar surface area (TPSA) is 46.6 Å². The summed E-state index contributed by atoms with van der Waals surface area (Å²) in [5, 5.41) is 0.638. The van der Waals surface area contributed by atoms with Gasteiger partial charge in [0, 0.05) is 11.6 Å². The van der Waals surface area contributed by atoms with E-state index >= 15 is 0 Å². The molecule has 0 N–H and O–H groups in total. The standard InChI is InChI=1S/C15H18ClNO3/c1-15(2,3)20-14(19)17-7-6-10-8-11(16)4-5-12(10)13(17)9-18/h4-5,8-9,13H,6-7H2,1-3H3/t13-/m1/s1. The Morgan fingerprint density at radius 3 is 2.75 bits per heavy atom. The summed E-state index contributed by atoms with van der Waals surface area (Å²) in [6.07, 6.45) is 0.977. The largest absolute Gasteiger partial charge is 0.444 e. The zero-order valence-corrected chi connectivity index (χ0v) is 12.6. The summed E-state index contributed by atoms with van der Waals surface area (Å²) in [7, 11) is 0. The van der Waals surface area contributed by atoms with Crippen LogP contribution in [0.1, 0.15) is 37.9 Å². The number of ether oxygens (including phenoxy) is 1. The molecular formula is C15H18ClNO3. The highest BCUT2D eigenvalue weighted by atomic mass is 35.5. The highest BCUT2D eigenvalue weighted by Crippen LogP contribution is 2.31. The van der Waals surface area contributed by atoms with Crippen molar-refractivity contribution in [3.05, 3.63) is 34.3 Å². The Morgan fingerprint density at radius 1 is 1.45 bits per heavy atom. The van der Waals surface area contributed by atoms with E-state index in [0.717, 1.165) is 17.4 Å². The van der Waals surface area contributed by atoms with Gasteiger partial charge in [0.15, 0.2) is 0 Å². The van der Waals surface area contributed by atoms with Crippen LogP contribution in [0.3, 0.4) is 0 Å². The number of carbonyl (C=O) groups is 2. The third-order valence-corrected chi connectivity index (χ3v) is 3.37. The van der Waals surface area contributed by atoms with Gasteiger partial charge in [0.05, 0.1) is 0 Å². The summed E-state index contributed by atoms with van der Waals surface area (Å²) in [6.45, 7) is 5.86. The first-order chi connectivity index (χ1) is 9.31. The Hall–Kier alpha value is -1.55. The summed E-state index contributed by atoms with van der Waals surface area (Å²) in [5.41, 5.74) is 1.25. The van der Waals surface area contributed by atoms with Gasteiger partial charge in [-0.15, -0.1) is 0 Å². The normalized spacial score (nSPS) is 18.4. The fourth-order valence-corrected chi connectivity index (χ4v) is 2.49. The number of carbonyl (C=O) groups excluding carboxylic acids is 2. The third kappa shape index (κ3) is 3.12. The van der Waals surface area contributed by atoms with Crippen molar-refractivity contribution in [2.45, 2.75) is 38.8 Å². The molecule has 0 fully saturated rings. The summed E-state index contributed by atoms with van der Waals surface area (Å²) >= 11 is 5.96. The van der Waals surface area contributed by atoms with E-state index in [-0.39, 0.29) is 0 Å². The van der Waals surface area contributed by atoms with Crippen LogP contribution in [0.15, 0.2) is 18.2 Å². The molecule has 1 aromatic carbocycles. The molecule has 5 heteroatoms. The van der Waals surface area contributed by atoms with E-state index in [9.17, 15) is 9.59 Å². The van der Waals surface area contributed by atoms with Crippen molar-refractivity contribution >= 4 is 24.0 Å². The van der Waals surface area contributed by atoms with Crippen molar-refractivity contribution < 1.29 is 14.3 Å². The average molecular weight is 296 g/mol. The molecule has 20 heavy (non-hydrogen) atoms. The van der Waals surface area contributed by atoms with Crippen molar-refractivity contribution in [3.8, 4) is 0 Å². The van der Waals surface area contributed by atoms with Crippen molar-refractivity contribution in [1.29, 1.82) is 0 Å². The second-order valence-electron chi connectivity index (χ2n) is 5.85. The fraction of sp³-hybridized carbons (Fsp3) is 0.467. The maximum atomic E-state index is 12.2. The van der Waals surface area contributed by atoms with Crippen molar-refractivity contribution in [3.63, 3.8) is 0 Å². The minimum Gasteiger partial charge on any atom is -0.444 e. The molecule has 0 bridgehead atoms. The molecule has 1 heterocycles. The van der Waals surface area contributed by atoms with Crippen LogP contribution in [0, 0.1) is 0 Å². The molecule has 0 saturated heterocycles. The van der Waals surface area contributed by atoms with E-state index in [1.807, 2.05) is 6.07 Å². The SMILES string of the molecule is CC(C)(C)OC(=O)N1CCc2cc(Cl)ccc2[C@H]1C=O. The molecule has 0 spiro atoms. The Balaban J connectivity index is 2.28. The first kappa shape index (κ1) is 14.9. The summed E-state index contributed by atoms with van der Waals surface area (Å²) in [5.74, 6) is 0. The smallest absolute Gasteiger partial charge is 0.411 e. The van der Waals surface area contributed by atoms with Crippen molar-refractivity contribution in [2.75, 3.05) is 6.54 Å². The Bertz CT molecular complexity index is 536. The van der Waals surface area contributed by atoms with Gasteiger partial charge >= 0.3 is 6.09 Å². The second kappa shape index (κ2) is 5.44. The number of halogens is 1. The Kier molecular flexibility index (Phi) is 4.04. The van der Waals surface area contributed by atoms with E-state index in [0.29, 0.717) is 18.0 Å². The number of nitrogens with zero attached hydrogens (tertiary/aromatic N) is 1. The minimum atomic E-state index is -0.606. The fourth-order valence-electron chi connectivity index (χ4n) is 2.30. The van der Waals surface area contributed by atoms with Gasteiger partial charge < -0.3 is 9.53 Å². The van der Waals surface area contributed by atoms with Crippen LogP contribution in [-0.4, -0.2) is 29.4 Å². The van der Waals surface area contributed by atoms with E-state index in [1.54, 1.807) is 32.9 Å².